The lowest BCUT2D eigenvalue weighted by Crippen LogP contribution is -2.49. The Labute approximate surface area is 196 Å². The van der Waals surface area contributed by atoms with Crippen molar-refractivity contribution >= 4 is 34.1 Å². The predicted molar refractivity (Wildman–Crippen MR) is 124 cm³/mol. The van der Waals surface area contributed by atoms with Crippen molar-refractivity contribution in [3.8, 4) is 30.0 Å². The molecule has 2 aliphatic heterocycles. The van der Waals surface area contributed by atoms with E-state index in [1.807, 2.05) is 41.3 Å². The first kappa shape index (κ1) is 21.2. The summed E-state index contributed by atoms with van der Waals surface area (Å²) >= 11 is 6.51. The number of anilines is 1. The number of terminal acetylenes is 1. The third kappa shape index (κ3) is 3.85. The molecule has 0 aliphatic carbocycles. The molecular weight excluding hydrogens is 444 g/mol. The number of hydrogen-bond donors (Lipinski definition) is 0. The number of methoxy groups -OCH3 is 1. The zero-order valence-corrected chi connectivity index (χ0v) is 18.7. The number of fused-ring (bicyclic) bond motifs is 2. The van der Waals surface area contributed by atoms with Crippen LogP contribution in [0, 0.1) is 12.3 Å². The fraction of sp³-hybridized carbons (Fsp3) is 0.292. The Hall–Kier alpha value is -3.70. The molecule has 2 aromatic carbocycles. The first-order valence-corrected chi connectivity index (χ1v) is 10.9. The van der Waals surface area contributed by atoms with E-state index in [0.29, 0.717) is 48.6 Å². The van der Waals surface area contributed by atoms with Gasteiger partial charge in [0.15, 0.2) is 11.9 Å². The fourth-order valence-electron chi connectivity index (χ4n) is 4.20. The van der Waals surface area contributed by atoms with Gasteiger partial charge < -0.3 is 24.0 Å². The van der Waals surface area contributed by atoms with Crippen molar-refractivity contribution in [2.45, 2.75) is 6.10 Å². The predicted octanol–water partition coefficient (Wildman–Crippen LogP) is 3.09. The van der Waals surface area contributed by atoms with Crippen molar-refractivity contribution in [2.24, 2.45) is 0 Å². The molecule has 9 heteroatoms. The Morgan fingerprint density at radius 1 is 1.18 bits per heavy atom. The lowest BCUT2D eigenvalue weighted by Gasteiger charge is -2.36. The zero-order chi connectivity index (χ0) is 22.9. The largest absolute Gasteiger partial charge is 0.481 e. The van der Waals surface area contributed by atoms with Crippen molar-refractivity contribution in [2.75, 3.05) is 44.8 Å². The molecule has 1 fully saturated rings. The molecule has 3 aromatic rings. The van der Waals surface area contributed by atoms with E-state index >= 15 is 0 Å². The van der Waals surface area contributed by atoms with Crippen LogP contribution in [-0.2, 0) is 4.79 Å². The van der Waals surface area contributed by atoms with Crippen LogP contribution in [0.25, 0.3) is 10.8 Å². The summed E-state index contributed by atoms with van der Waals surface area (Å²) in [6.07, 6.45) is 4.84. The van der Waals surface area contributed by atoms with Gasteiger partial charge in [-0.05, 0) is 17.4 Å². The molecule has 5 rings (SSSR count). The van der Waals surface area contributed by atoms with Crippen LogP contribution in [0.1, 0.15) is 11.7 Å². The molecule has 0 N–H and O–H groups in total. The van der Waals surface area contributed by atoms with Crippen molar-refractivity contribution < 1.29 is 19.0 Å². The number of amides is 1. The lowest BCUT2D eigenvalue weighted by molar-refractivity contribution is -0.125. The van der Waals surface area contributed by atoms with E-state index in [0.717, 1.165) is 16.3 Å². The second-order valence-corrected chi connectivity index (χ2v) is 8.10. The second-order valence-electron chi connectivity index (χ2n) is 7.69. The monoisotopic (exact) mass is 464 g/mol. The number of nitrogens with zero attached hydrogens (tertiary/aromatic N) is 4. The Morgan fingerprint density at radius 3 is 2.67 bits per heavy atom. The van der Waals surface area contributed by atoms with Crippen molar-refractivity contribution in [1.82, 2.24) is 14.9 Å². The van der Waals surface area contributed by atoms with Crippen LogP contribution >= 0.6 is 11.6 Å². The van der Waals surface area contributed by atoms with Gasteiger partial charge in [-0.1, -0.05) is 41.9 Å². The van der Waals surface area contributed by atoms with Crippen molar-refractivity contribution in [3.63, 3.8) is 0 Å². The molecule has 0 spiro atoms. The van der Waals surface area contributed by atoms with E-state index in [1.165, 1.54) is 7.11 Å². The molecule has 1 amide bonds. The highest BCUT2D eigenvalue weighted by Gasteiger charge is 2.33. The van der Waals surface area contributed by atoms with E-state index in [2.05, 4.69) is 15.9 Å². The summed E-state index contributed by atoms with van der Waals surface area (Å²) in [5.41, 5.74) is 0.921. The minimum Gasteiger partial charge on any atom is -0.481 e. The van der Waals surface area contributed by atoms with Gasteiger partial charge in [0.05, 0.1) is 7.11 Å². The van der Waals surface area contributed by atoms with Gasteiger partial charge in [-0.25, -0.2) is 0 Å². The number of hydrogen-bond acceptors (Lipinski definition) is 7. The molecule has 1 saturated heterocycles. The minimum atomic E-state index is -0.404. The fourth-order valence-corrected chi connectivity index (χ4v) is 4.49. The van der Waals surface area contributed by atoms with Crippen LogP contribution < -0.4 is 19.1 Å². The number of piperazine rings is 1. The maximum absolute atomic E-state index is 11.8. The summed E-state index contributed by atoms with van der Waals surface area (Å²) in [5, 5.41) is 2.60. The third-order valence-corrected chi connectivity index (χ3v) is 6.15. The van der Waals surface area contributed by atoms with E-state index in [9.17, 15) is 4.79 Å². The smallest absolute Gasteiger partial charge is 0.321 e. The van der Waals surface area contributed by atoms with Crippen LogP contribution in [0.4, 0.5) is 5.82 Å². The molecule has 2 aliphatic rings. The van der Waals surface area contributed by atoms with Crippen LogP contribution in [0.3, 0.4) is 0 Å². The highest BCUT2D eigenvalue weighted by Crippen LogP contribution is 2.43. The Balaban J connectivity index is 1.46. The van der Waals surface area contributed by atoms with E-state index in [1.54, 1.807) is 4.90 Å². The van der Waals surface area contributed by atoms with Crippen LogP contribution in [0.2, 0.25) is 5.02 Å². The normalized spacial score (nSPS) is 17.5. The molecule has 33 heavy (non-hydrogen) atoms. The second kappa shape index (κ2) is 8.68. The van der Waals surface area contributed by atoms with Gasteiger partial charge in [0.2, 0.25) is 5.75 Å². The van der Waals surface area contributed by atoms with Gasteiger partial charge in [-0.15, -0.1) is 6.42 Å². The molecule has 0 saturated carbocycles. The van der Waals surface area contributed by atoms with E-state index in [-0.39, 0.29) is 18.5 Å². The zero-order valence-electron chi connectivity index (χ0n) is 18.0. The average Bonchev–Trinajstić information content (AvgIpc) is 2.87. The maximum Gasteiger partial charge on any atom is 0.321 e. The lowest BCUT2D eigenvalue weighted by atomic mass is 10.0. The Morgan fingerprint density at radius 2 is 1.94 bits per heavy atom. The number of carbonyl (C=O) groups is 1. The van der Waals surface area contributed by atoms with Gasteiger partial charge in [0.1, 0.15) is 6.61 Å². The molecule has 0 bridgehead atoms. The maximum atomic E-state index is 11.8. The van der Waals surface area contributed by atoms with Crippen molar-refractivity contribution in [1.29, 1.82) is 0 Å². The first-order chi connectivity index (χ1) is 16.1. The van der Waals surface area contributed by atoms with Gasteiger partial charge in [-0.2, -0.15) is 9.97 Å². The summed E-state index contributed by atoms with van der Waals surface area (Å²) in [6.45, 7) is 2.34. The Bertz CT molecular complexity index is 1260. The highest BCUT2D eigenvalue weighted by atomic mass is 35.5. The molecule has 8 nitrogen and oxygen atoms in total. The number of carbonyl (C=O) groups excluding carboxylic acids is 1. The molecule has 168 valence electrons. The summed E-state index contributed by atoms with van der Waals surface area (Å²) < 4.78 is 17.8. The van der Waals surface area contributed by atoms with Gasteiger partial charge >= 0.3 is 6.01 Å². The number of ether oxygens (including phenoxy) is 3. The van der Waals surface area contributed by atoms with E-state index in [4.69, 9.17) is 32.2 Å². The summed E-state index contributed by atoms with van der Waals surface area (Å²) in [7, 11) is 1.50. The SMILES string of the molecule is C#CC(=O)N1CCN(c2nc(OC)nc3c2OCC(c2cccc4cccc(Cl)c24)O3)CC1. The van der Waals surface area contributed by atoms with Gasteiger partial charge in [0.25, 0.3) is 11.8 Å². The van der Waals surface area contributed by atoms with Crippen LogP contribution in [0.15, 0.2) is 36.4 Å². The van der Waals surface area contributed by atoms with Crippen LogP contribution in [0.5, 0.6) is 17.6 Å². The number of rotatable bonds is 3. The number of benzene rings is 2. The minimum absolute atomic E-state index is 0.172. The molecule has 3 heterocycles. The quantitative estimate of drug-likeness (QED) is 0.551. The average molecular weight is 465 g/mol. The molecule has 1 unspecified atom stereocenters. The number of halogens is 1. The van der Waals surface area contributed by atoms with Gasteiger partial charge in [0, 0.05) is 42.2 Å². The molecule has 0 radical (unpaired) electrons. The van der Waals surface area contributed by atoms with Crippen molar-refractivity contribution in [3.05, 3.63) is 47.0 Å². The third-order valence-electron chi connectivity index (χ3n) is 5.83. The highest BCUT2D eigenvalue weighted by molar-refractivity contribution is 6.35. The van der Waals surface area contributed by atoms with E-state index < -0.39 is 6.10 Å². The summed E-state index contributed by atoms with van der Waals surface area (Å²) in [6, 6.07) is 11.9. The molecule has 1 atom stereocenters. The molecular formula is C24H21ClN4O4. The number of aromatic nitrogens is 2. The topological polar surface area (TPSA) is 77.0 Å². The Kier molecular flexibility index (Phi) is 5.56. The summed E-state index contributed by atoms with van der Waals surface area (Å²) in [4.78, 5) is 24.3. The first-order valence-electron chi connectivity index (χ1n) is 10.5. The molecule has 1 aromatic heterocycles. The summed E-state index contributed by atoms with van der Waals surface area (Å²) in [5.74, 6) is 3.18. The van der Waals surface area contributed by atoms with Gasteiger partial charge in [-0.3, -0.25) is 4.79 Å². The van der Waals surface area contributed by atoms with Crippen LogP contribution in [-0.4, -0.2) is 60.7 Å². The standard InChI is InChI=1S/C24H21ClN4O4/c1-3-19(30)28-10-12-29(13-11-28)22-21-23(27-24(26-22)31-2)33-18(14-32-21)16-8-4-6-15-7-5-9-17(25)20(15)16/h1,4-9,18H,10-14H2,2H3.